The Morgan fingerprint density at radius 3 is 2.76 bits per heavy atom. The summed E-state index contributed by atoms with van der Waals surface area (Å²) in [4.78, 5) is 11.3. The van der Waals surface area contributed by atoms with Crippen molar-refractivity contribution in [1.29, 1.82) is 0 Å². The second-order valence-corrected chi connectivity index (χ2v) is 4.68. The van der Waals surface area contributed by atoms with Crippen LogP contribution in [0.1, 0.15) is 39.5 Å². The maximum Gasteiger partial charge on any atom is 0.508 e. The highest BCUT2D eigenvalue weighted by molar-refractivity contribution is 5.61. The van der Waals surface area contributed by atoms with Gasteiger partial charge in [0.05, 0.1) is 0 Å². The van der Waals surface area contributed by atoms with Crippen LogP contribution in [-0.2, 0) is 9.47 Å². The lowest BCUT2D eigenvalue weighted by Gasteiger charge is -2.33. The Morgan fingerprint density at radius 2 is 2.18 bits per heavy atom. The summed E-state index contributed by atoms with van der Waals surface area (Å²) in [5, 5.41) is 0. The Labute approximate surface area is 102 Å². The number of hydrogen-bond donors (Lipinski definition) is 0. The van der Waals surface area contributed by atoms with Gasteiger partial charge in [-0.05, 0) is 19.3 Å². The number of hydrogen-bond acceptors (Lipinski definition) is 3. The first kappa shape index (κ1) is 12.2. The summed E-state index contributed by atoms with van der Waals surface area (Å²) in [6, 6.07) is 0. The quantitative estimate of drug-likeness (QED) is 0.702. The Kier molecular flexibility index (Phi) is 3.87. The molecule has 1 saturated heterocycles. The molecule has 94 valence electrons. The van der Waals surface area contributed by atoms with E-state index in [4.69, 9.17) is 9.47 Å². The highest BCUT2D eigenvalue weighted by Gasteiger charge is 2.33. The molecule has 1 fully saturated rings. The zero-order chi connectivity index (χ0) is 12.3. The lowest BCUT2D eigenvalue weighted by molar-refractivity contribution is -0.0725. The van der Waals surface area contributed by atoms with Gasteiger partial charge in [-0.25, -0.2) is 4.79 Å². The SMILES string of the molecule is CCC1=CCC([C@@H]2C[C@H](CC)OC(=O)O2)C=C1. The fourth-order valence-corrected chi connectivity index (χ4v) is 2.37. The second kappa shape index (κ2) is 5.39. The maximum absolute atomic E-state index is 11.3. The molecule has 0 N–H and O–H groups in total. The first-order chi connectivity index (χ1) is 8.22. The van der Waals surface area contributed by atoms with Crippen molar-refractivity contribution in [3.63, 3.8) is 0 Å². The minimum Gasteiger partial charge on any atom is -0.431 e. The molecular formula is C14H20O3. The number of ether oxygens (including phenoxy) is 2. The van der Waals surface area contributed by atoms with Crippen LogP contribution >= 0.6 is 0 Å². The van der Waals surface area contributed by atoms with E-state index in [0.717, 1.165) is 25.7 Å². The molecule has 2 aliphatic rings. The van der Waals surface area contributed by atoms with E-state index in [1.807, 2.05) is 6.92 Å². The highest BCUT2D eigenvalue weighted by atomic mass is 16.7. The average molecular weight is 236 g/mol. The van der Waals surface area contributed by atoms with Crippen molar-refractivity contribution in [2.24, 2.45) is 5.92 Å². The molecule has 0 radical (unpaired) electrons. The minimum absolute atomic E-state index is 0.0196. The largest absolute Gasteiger partial charge is 0.508 e. The summed E-state index contributed by atoms with van der Waals surface area (Å²) < 4.78 is 10.4. The molecule has 3 heteroatoms. The molecule has 0 spiro atoms. The third-order valence-corrected chi connectivity index (χ3v) is 3.56. The normalized spacial score (nSPS) is 32.7. The van der Waals surface area contributed by atoms with Crippen molar-refractivity contribution >= 4 is 6.16 Å². The van der Waals surface area contributed by atoms with E-state index in [1.165, 1.54) is 5.57 Å². The Balaban J connectivity index is 1.97. The van der Waals surface area contributed by atoms with Crippen molar-refractivity contribution in [2.75, 3.05) is 0 Å². The number of carbonyl (C=O) groups excluding carboxylic acids is 1. The van der Waals surface area contributed by atoms with Gasteiger partial charge in [0.1, 0.15) is 12.2 Å². The molecule has 0 saturated carbocycles. The molecule has 1 aliphatic carbocycles. The van der Waals surface area contributed by atoms with Gasteiger partial charge in [0.25, 0.3) is 0 Å². The van der Waals surface area contributed by atoms with Crippen LogP contribution in [0.5, 0.6) is 0 Å². The van der Waals surface area contributed by atoms with Crippen LogP contribution in [-0.4, -0.2) is 18.4 Å². The van der Waals surface area contributed by atoms with Crippen molar-refractivity contribution in [3.05, 3.63) is 23.8 Å². The van der Waals surface area contributed by atoms with Crippen LogP contribution < -0.4 is 0 Å². The molecule has 3 atom stereocenters. The molecule has 0 aromatic carbocycles. The summed E-state index contributed by atoms with van der Waals surface area (Å²) >= 11 is 0. The van der Waals surface area contributed by atoms with Gasteiger partial charge >= 0.3 is 6.16 Å². The third kappa shape index (κ3) is 2.90. The van der Waals surface area contributed by atoms with E-state index >= 15 is 0 Å². The van der Waals surface area contributed by atoms with Gasteiger partial charge in [0, 0.05) is 12.3 Å². The Bertz CT molecular complexity index is 343. The van der Waals surface area contributed by atoms with Crippen molar-refractivity contribution < 1.29 is 14.3 Å². The zero-order valence-electron chi connectivity index (χ0n) is 10.5. The van der Waals surface area contributed by atoms with Crippen LogP contribution in [0.2, 0.25) is 0 Å². The fraction of sp³-hybridized carbons (Fsp3) is 0.643. The number of carbonyl (C=O) groups is 1. The van der Waals surface area contributed by atoms with Crippen molar-refractivity contribution in [2.45, 2.75) is 51.7 Å². The summed E-state index contributed by atoms with van der Waals surface area (Å²) in [6.07, 6.45) is 9.76. The number of allylic oxidation sites excluding steroid dienone is 3. The van der Waals surface area contributed by atoms with Gasteiger partial charge < -0.3 is 9.47 Å². The highest BCUT2D eigenvalue weighted by Crippen LogP contribution is 2.29. The van der Waals surface area contributed by atoms with E-state index in [0.29, 0.717) is 5.92 Å². The van der Waals surface area contributed by atoms with E-state index in [-0.39, 0.29) is 12.2 Å². The van der Waals surface area contributed by atoms with Crippen molar-refractivity contribution in [3.8, 4) is 0 Å². The molecule has 0 aromatic rings. The van der Waals surface area contributed by atoms with Crippen LogP contribution in [0.25, 0.3) is 0 Å². The molecule has 1 heterocycles. The Morgan fingerprint density at radius 1 is 1.35 bits per heavy atom. The lowest BCUT2D eigenvalue weighted by atomic mass is 9.88. The van der Waals surface area contributed by atoms with Gasteiger partial charge in [0.2, 0.25) is 0 Å². The van der Waals surface area contributed by atoms with Gasteiger partial charge in [-0.1, -0.05) is 37.6 Å². The smallest absolute Gasteiger partial charge is 0.431 e. The van der Waals surface area contributed by atoms with Crippen LogP contribution in [0.3, 0.4) is 0 Å². The number of cyclic esters (lactones) is 2. The molecular weight excluding hydrogens is 216 g/mol. The lowest BCUT2D eigenvalue weighted by Crippen LogP contribution is -2.38. The van der Waals surface area contributed by atoms with Gasteiger partial charge in [-0.2, -0.15) is 0 Å². The summed E-state index contributed by atoms with van der Waals surface area (Å²) in [7, 11) is 0. The second-order valence-electron chi connectivity index (χ2n) is 4.68. The molecule has 0 aromatic heterocycles. The molecule has 1 aliphatic heterocycles. The van der Waals surface area contributed by atoms with Crippen LogP contribution in [0.4, 0.5) is 4.79 Å². The van der Waals surface area contributed by atoms with Gasteiger partial charge in [0.15, 0.2) is 0 Å². The molecule has 0 bridgehead atoms. The number of rotatable bonds is 3. The maximum atomic E-state index is 11.3. The minimum atomic E-state index is -0.508. The summed E-state index contributed by atoms with van der Waals surface area (Å²) in [5.41, 5.74) is 1.37. The third-order valence-electron chi connectivity index (χ3n) is 3.56. The van der Waals surface area contributed by atoms with Crippen LogP contribution in [0, 0.1) is 5.92 Å². The van der Waals surface area contributed by atoms with E-state index in [2.05, 4.69) is 25.2 Å². The van der Waals surface area contributed by atoms with Gasteiger partial charge in [-0.15, -0.1) is 0 Å². The summed E-state index contributed by atoms with van der Waals surface area (Å²) in [5.74, 6) is 0.312. The first-order valence-corrected chi connectivity index (χ1v) is 6.47. The van der Waals surface area contributed by atoms with E-state index in [1.54, 1.807) is 0 Å². The molecule has 2 rings (SSSR count). The van der Waals surface area contributed by atoms with Gasteiger partial charge in [-0.3, -0.25) is 0 Å². The first-order valence-electron chi connectivity index (χ1n) is 6.47. The monoisotopic (exact) mass is 236 g/mol. The average Bonchev–Trinajstić information content (AvgIpc) is 2.38. The molecule has 17 heavy (non-hydrogen) atoms. The topological polar surface area (TPSA) is 35.5 Å². The predicted octanol–water partition coefficient (Wildman–Crippen LogP) is 3.60. The molecule has 1 unspecified atom stereocenters. The van der Waals surface area contributed by atoms with Crippen molar-refractivity contribution in [1.82, 2.24) is 0 Å². The summed E-state index contributed by atoms with van der Waals surface area (Å²) in [6.45, 7) is 4.18. The van der Waals surface area contributed by atoms with E-state index < -0.39 is 6.16 Å². The predicted molar refractivity (Wildman–Crippen MR) is 65.7 cm³/mol. The molecule has 0 amide bonds. The van der Waals surface area contributed by atoms with Crippen LogP contribution in [0.15, 0.2) is 23.8 Å². The fourth-order valence-electron chi connectivity index (χ4n) is 2.37. The molecule has 3 nitrogen and oxygen atoms in total. The zero-order valence-corrected chi connectivity index (χ0v) is 10.5. The standard InChI is InChI=1S/C14H20O3/c1-3-10-5-7-11(8-6-10)13-9-12(4-2)16-14(15)17-13/h5-7,11-13H,3-4,8-9H2,1-2H3/t11?,12-,13-/m0/s1. The van der Waals surface area contributed by atoms with E-state index in [9.17, 15) is 4.79 Å². The Hall–Kier alpha value is -1.25.